The molecule has 1 N–H and O–H groups in total. The first kappa shape index (κ1) is 22.8. The van der Waals surface area contributed by atoms with Gasteiger partial charge in [-0.3, -0.25) is 10.1 Å². The number of anilines is 1. The number of nitrogens with one attached hydrogen (secondary N) is 1. The van der Waals surface area contributed by atoms with Crippen molar-refractivity contribution in [3.8, 4) is 0 Å². The average Bonchev–Trinajstić information content (AvgIpc) is 3.15. The second-order valence-electron chi connectivity index (χ2n) is 7.99. The monoisotopic (exact) mass is 493 g/mol. The van der Waals surface area contributed by atoms with E-state index in [1.807, 2.05) is 0 Å². The molecular weight excluding hydrogens is 470 g/mol. The Hall–Kier alpha value is -2.34. The summed E-state index contributed by atoms with van der Waals surface area (Å²) in [6.07, 6.45) is 2.81. The van der Waals surface area contributed by atoms with E-state index in [-0.39, 0.29) is 9.79 Å². The van der Waals surface area contributed by atoms with Crippen molar-refractivity contribution in [1.82, 2.24) is 9.29 Å². The summed E-state index contributed by atoms with van der Waals surface area (Å²) in [5.41, 5.74) is 0.877. The number of sulfone groups is 1. The second-order valence-corrected chi connectivity index (χ2v) is 13.0. The number of hydrogen-bond donors (Lipinski definition) is 1. The summed E-state index contributed by atoms with van der Waals surface area (Å²) in [7, 11) is -6.92. The fourth-order valence-electron chi connectivity index (χ4n) is 3.51. The SMILES string of the molecule is CC1CCN(S(=O)(=O)c2ccc(C(=O)Nc3nc4ccc(S(C)(=O)=O)cc4s3)cc2)CC1. The minimum atomic E-state index is -3.58. The highest BCUT2D eigenvalue weighted by atomic mass is 32.2. The summed E-state index contributed by atoms with van der Waals surface area (Å²) in [4.78, 5) is 17.3. The third kappa shape index (κ3) is 4.70. The molecule has 0 spiro atoms. The largest absolute Gasteiger partial charge is 0.298 e. The highest BCUT2D eigenvalue weighted by molar-refractivity contribution is 7.90. The zero-order valence-electron chi connectivity index (χ0n) is 17.6. The Kier molecular flexibility index (Phi) is 6.10. The van der Waals surface area contributed by atoms with Crippen molar-refractivity contribution < 1.29 is 21.6 Å². The van der Waals surface area contributed by atoms with Crippen LogP contribution < -0.4 is 5.32 Å². The van der Waals surface area contributed by atoms with Gasteiger partial charge in [0.25, 0.3) is 5.91 Å². The third-order valence-corrected chi connectivity index (χ3v) is 9.46. The standard InChI is InChI=1S/C21H23N3O5S3/c1-14-9-11-24(12-10-14)32(28,29)16-5-3-15(4-6-16)20(25)23-21-22-18-8-7-17(31(2,26)27)13-19(18)30-21/h3-8,13-14H,9-12H2,1-2H3,(H,22,23,25). The van der Waals surface area contributed by atoms with Gasteiger partial charge in [0.05, 0.1) is 20.0 Å². The van der Waals surface area contributed by atoms with Gasteiger partial charge >= 0.3 is 0 Å². The van der Waals surface area contributed by atoms with E-state index < -0.39 is 25.8 Å². The minimum Gasteiger partial charge on any atom is -0.298 e. The van der Waals surface area contributed by atoms with Crippen molar-refractivity contribution in [3.05, 3.63) is 48.0 Å². The minimum absolute atomic E-state index is 0.164. The number of hydrogen-bond acceptors (Lipinski definition) is 7. The van der Waals surface area contributed by atoms with Gasteiger partial charge in [-0.1, -0.05) is 18.3 Å². The van der Waals surface area contributed by atoms with Crippen molar-refractivity contribution in [3.63, 3.8) is 0 Å². The molecule has 1 saturated heterocycles. The number of carbonyl (C=O) groups excluding carboxylic acids is 1. The number of nitrogens with zero attached hydrogens (tertiary/aromatic N) is 2. The summed E-state index contributed by atoms with van der Waals surface area (Å²) in [5.74, 6) is 0.0936. The van der Waals surface area contributed by atoms with Crippen LogP contribution in [0.5, 0.6) is 0 Å². The predicted molar refractivity (Wildman–Crippen MR) is 124 cm³/mol. The molecule has 2 heterocycles. The van der Waals surface area contributed by atoms with E-state index in [1.165, 1.54) is 52.0 Å². The molecule has 2 aromatic carbocycles. The van der Waals surface area contributed by atoms with Crippen LogP contribution in [0.15, 0.2) is 52.3 Å². The number of fused-ring (bicyclic) bond motifs is 1. The third-order valence-electron chi connectivity index (χ3n) is 5.51. The van der Waals surface area contributed by atoms with Gasteiger partial charge in [0, 0.05) is 24.9 Å². The molecular formula is C21H23N3O5S3. The summed E-state index contributed by atoms with van der Waals surface area (Å²) >= 11 is 1.17. The Morgan fingerprint density at radius 3 is 2.28 bits per heavy atom. The zero-order chi connectivity index (χ0) is 23.1. The number of piperidine rings is 1. The average molecular weight is 494 g/mol. The highest BCUT2D eigenvalue weighted by Crippen LogP contribution is 2.29. The molecule has 0 bridgehead atoms. The first-order chi connectivity index (χ1) is 15.0. The van der Waals surface area contributed by atoms with E-state index in [4.69, 9.17) is 0 Å². The van der Waals surface area contributed by atoms with Crippen LogP contribution in [0.25, 0.3) is 10.2 Å². The fraction of sp³-hybridized carbons (Fsp3) is 0.333. The van der Waals surface area contributed by atoms with Crippen LogP contribution >= 0.6 is 11.3 Å². The van der Waals surface area contributed by atoms with Crippen LogP contribution in [0.3, 0.4) is 0 Å². The van der Waals surface area contributed by atoms with Crippen LogP contribution in [0.2, 0.25) is 0 Å². The maximum absolute atomic E-state index is 12.8. The van der Waals surface area contributed by atoms with Gasteiger partial charge in [-0.15, -0.1) is 0 Å². The van der Waals surface area contributed by atoms with E-state index >= 15 is 0 Å². The maximum Gasteiger partial charge on any atom is 0.257 e. The van der Waals surface area contributed by atoms with Crippen LogP contribution in [0.4, 0.5) is 5.13 Å². The lowest BCUT2D eigenvalue weighted by Gasteiger charge is -2.29. The summed E-state index contributed by atoms with van der Waals surface area (Å²) in [6, 6.07) is 10.4. The van der Waals surface area contributed by atoms with Crippen molar-refractivity contribution in [1.29, 1.82) is 0 Å². The van der Waals surface area contributed by atoms with Crippen LogP contribution in [-0.4, -0.2) is 51.4 Å². The quantitative estimate of drug-likeness (QED) is 0.583. The molecule has 32 heavy (non-hydrogen) atoms. The van der Waals surface area contributed by atoms with Crippen molar-refractivity contribution in [2.45, 2.75) is 29.6 Å². The first-order valence-electron chi connectivity index (χ1n) is 10.1. The first-order valence-corrected chi connectivity index (χ1v) is 14.2. The van der Waals surface area contributed by atoms with Crippen molar-refractivity contribution >= 4 is 52.5 Å². The predicted octanol–water partition coefficient (Wildman–Crippen LogP) is 3.37. The van der Waals surface area contributed by atoms with Gasteiger partial charge in [0.15, 0.2) is 15.0 Å². The molecule has 0 radical (unpaired) electrons. The molecule has 11 heteroatoms. The number of aromatic nitrogens is 1. The summed E-state index contributed by atoms with van der Waals surface area (Å²) < 4.78 is 51.3. The molecule has 8 nitrogen and oxygen atoms in total. The lowest BCUT2D eigenvalue weighted by Crippen LogP contribution is -2.37. The lowest BCUT2D eigenvalue weighted by atomic mass is 10.0. The molecule has 0 aliphatic carbocycles. The van der Waals surface area contributed by atoms with E-state index in [2.05, 4.69) is 17.2 Å². The molecule has 0 unspecified atom stereocenters. The summed E-state index contributed by atoms with van der Waals surface area (Å²) in [5, 5.41) is 3.02. The van der Waals surface area contributed by atoms with E-state index in [9.17, 15) is 21.6 Å². The fourth-order valence-corrected chi connectivity index (χ4v) is 6.60. The van der Waals surface area contributed by atoms with Crippen molar-refractivity contribution in [2.24, 2.45) is 5.92 Å². The Morgan fingerprint density at radius 1 is 1.03 bits per heavy atom. The van der Waals surface area contributed by atoms with Crippen molar-refractivity contribution in [2.75, 3.05) is 24.7 Å². The topological polar surface area (TPSA) is 114 Å². The van der Waals surface area contributed by atoms with Gasteiger partial charge in [0.2, 0.25) is 10.0 Å². The Balaban J connectivity index is 1.49. The van der Waals surface area contributed by atoms with Gasteiger partial charge in [-0.05, 0) is 61.2 Å². The number of amides is 1. The highest BCUT2D eigenvalue weighted by Gasteiger charge is 2.28. The molecule has 170 valence electrons. The zero-order valence-corrected chi connectivity index (χ0v) is 20.1. The summed E-state index contributed by atoms with van der Waals surface area (Å²) in [6.45, 7) is 3.13. The van der Waals surface area contributed by atoms with Gasteiger partial charge in [0.1, 0.15) is 0 Å². The van der Waals surface area contributed by atoms with Gasteiger partial charge < -0.3 is 0 Å². The van der Waals surface area contributed by atoms with Gasteiger partial charge in [-0.2, -0.15) is 4.31 Å². The Labute approximate surface area is 191 Å². The van der Waals surface area contributed by atoms with E-state index in [0.717, 1.165) is 19.1 Å². The Morgan fingerprint density at radius 2 is 1.66 bits per heavy atom. The van der Waals surface area contributed by atoms with Crippen LogP contribution in [0.1, 0.15) is 30.1 Å². The lowest BCUT2D eigenvalue weighted by molar-refractivity contribution is 0.102. The normalized spacial score (nSPS) is 16.3. The van der Waals surface area contributed by atoms with E-state index in [1.54, 1.807) is 6.07 Å². The van der Waals surface area contributed by atoms with Crippen LogP contribution in [0, 0.1) is 5.92 Å². The molecule has 1 aromatic heterocycles. The van der Waals surface area contributed by atoms with E-state index in [0.29, 0.717) is 39.9 Å². The number of carbonyl (C=O) groups is 1. The number of sulfonamides is 1. The molecule has 1 aliphatic heterocycles. The maximum atomic E-state index is 12.8. The number of benzene rings is 2. The molecule has 0 saturated carbocycles. The molecule has 1 aliphatic rings. The number of thiazole rings is 1. The molecule has 0 atom stereocenters. The van der Waals surface area contributed by atoms with Gasteiger partial charge in [-0.25, -0.2) is 21.8 Å². The molecule has 1 fully saturated rings. The van der Waals surface area contributed by atoms with Crippen LogP contribution in [-0.2, 0) is 19.9 Å². The molecule has 4 rings (SSSR count). The Bertz CT molecular complexity index is 1370. The smallest absolute Gasteiger partial charge is 0.257 e. The molecule has 3 aromatic rings. The number of rotatable bonds is 5. The molecule has 1 amide bonds. The second kappa shape index (κ2) is 8.54.